The number of esters is 1. The molecule has 6 heteroatoms. The van der Waals surface area contributed by atoms with Crippen LogP contribution >= 0.6 is 0 Å². The molecular weight excluding hydrogens is 304 g/mol. The fourth-order valence-electron chi connectivity index (χ4n) is 2.97. The highest BCUT2D eigenvalue weighted by atomic mass is 32.2. The van der Waals surface area contributed by atoms with Gasteiger partial charge in [0.05, 0.1) is 11.9 Å². The molecule has 0 N–H and O–H groups in total. The van der Waals surface area contributed by atoms with Gasteiger partial charge in [-0.15, -0.1) is 0 Å². The third-order valence-electron chi connectivity index (χ3n) is 4.00. The van der Waals surface area contributed by atoms with Crippen molar-refractivity contribution in [2.24, 2.45) is 5.92 Å². The molecule has 22 heavy (non-hydrogen) atoms. The van der Waals surface area contributed by atoms with Crippen LogP contribution in [0.3, 0.4) is 0 Å². The highest BCUT2D eigenvalue weighted by Crippen LogP contribution is 2.55. The van der Waals surface area contributed by atoms with Crippen LogP contribution in [0.2, 0.25) is 0 Å². The van der Waals surface area contributed by atoms with Crippen LogP contribution in [0.4, 0.5) is 0 Å². The number of carbonyl (C=O) groups is 1. The highest BCUT2D eigenvalue weighted by Gasteiger charge is 2.58. The van der Waals surface area contributed by atoms with E-state index in [1.807, 2.05) is 37.3 Å². The SMILES string of the molecule is CC[C@@H]1C[C@@]1(CC(OC(C)=O)c1ccccc1)OS(C)(=O)=O. The third kappa shape index (κ3) is 4.30. The highest BCUT2D eigenvalue weighted by molar-refractivity contribution is 7.86. The second kappa shape index (κ2) is 6.38. The molecule has 0 radical (unpaired) electrons. The van der Waals surface area contributed by atoms with Crippen molar-refractivity contribution in [1.82, 2.24) is 0 Å². The molecule has 1 aliphatic carbocycles. The van der Waals surface area contributed by atoms with Gasteiger partial charge in [-0.25, -0.2) is 0 Å². The van der Waals surface area contributed by atoms with Crippen LogP contribution < -0.4 is 0 Å². The van der Waals surface area contributed by atoms with E-state index < -0.39 is 27.8 Å². The first-order valence-corrected chi connectivity index (χ1v) is 9.20. The molecule has 122 valence electrons. The van der Waals surface area contributed by atoms with Gasteiger partial charge in [-0.1, -0.05) is 43.7 Å². The van der Waals surface area contributed by atoms with Crippen LogP contribution in [0.15, 0.2) is 30.3 Å². The Morgan fingerprint density at radius 1 is 1.36 bits per heavy atom. The van der Waals surface area contributed by atoms with Crippen molar-refractivity contribution in [3.8, 4) is 0 Å². The molecule has 0 heterocycles. The lowest BCUT2D eigenvalue weighted by atomic mass is 10.00. The molecule has 3 atom stereocenters. The minimum absolute atomic E-state index is 0.170. The van der Waals surface area contributed by atoms with Gasteiger partial charge in [-0.05, 0) is 17.9 Å². The van der Waals surface area contributed by atoms with E-state index in [-0.39, 0.29) is 5.92 Å². The van der Waals surface area contributed by atoms with Crippen molar-refractivity contribution in [2.45, 2.75) is 44.8 Å². The summed E-state index contributed by atoms with van der Waals surface area (Å²) in [6, 6.07) is 9.33. The van der Waals surface area contributed by atoms with Crippen LogP contribution in [0.5, 0.6) is 0 Å². The number of benzene rings is 1. The van der Waals surface area contributed by atoms with Crippen LogP contribution in [0.25, 0.3) is 0 Å². The normalized spacial score (nSPS) is 25.5. The van der Waals surface area contributed by atoms with E-state index in [0.717, 1.165) is 18.2 Å². The quantitative estimate of drug-likeness (QED) is 0.569. The van der Waals surface area contributed by atoms with Gasteiger partial charge in [0.1, 0.15) is 6.10 Å². The molecule has 1 unspecified atom stereocenters. The number of carbonyl (C=O) groups excluding carboxylic acids is 1. The monoisotopic (exact) mass is 326 g/mol. The molecule has 5 nitrogen and oxygen atoms in total. The number of hydrogen-bond donors (Lipinski definition) is 0. The molecule has 1 aromatic carbocycles. The maximum Gasteiger partial charge on any atom is 0.303 e. The lowest BCUT2D eigenvalue weighted by Crippen LogP contribution is -2.26. The first kappa shape index (κ1) is 17.0. The summed E-state index contributed by atoms with van der Waals surface area (Å²) in [5.74, 6) is -0.221. The molecule has 0 aromatic heterocycles. The Morgan fingerprint density at radius 2 is 2.00 bits per heavy atom. The van der Waals surface area contributed by atoms with Crippen LogP contribution in [0, 0.1) is 5.92 Å². The fourth-order valence-corrected chi connectivity index (χ4v) is 3.85. The van der Waals surface area contributed by atoms with E-state index in [2.05, 4.69) is 0 Å². The first-order valence-electron chi connectivity index (χ1n) is 7.38. The molecule has 0 spiro atoms. The summed E-state index contributed by atoms with van der Waals surface area (Å²) in [7, 11) is -3.56. The third-order valence-corrected chi connectivity index (χ3v) is 4.63. The topological polar surface area (TPSA) is 69.7 Å². The predicted molar refractivity (Wildman–Crippen MR) is 82.6 cm³/mol. The van der Waals surface area contributed by atoms with Gasteiger partial charge in [0, 0.05) is 13.3 Å². The van der Waals surface area contributed by atoms with Gasteiger partial charge in [0.15, 0.2) is 0 Å². The average Bonchev–Trinajstić information content (AvgIpc) is 3.09. The summed E-state index contributed by atoms with van der Waals surface area (Å²) < 4.78 is 33.9. The number of ether oxygens (including phenoxy) is 1. The Balaban J connectivity index is 2.23. The van der Waals surface area contributed by atoms with Gasteiger partial charge in [0.2, 0.25) is 0 Å². The maximum absolute atomic E-state index is 11.6. The Kier molecular flexibility index (Phi) is 4.92. The summed E-state index contributed by atoms with van der Waals surface area (Å²) >= 11 is 0. The summed E-state index contributed by atoms with van der Waals surface area (Å²) in [6.45, 7) is 3.35. The summed E-state index contributed by atoms with van der Waals surface area (Å²) in [5, 5.41) is 0. The Labute approximate surface area is 131 Å². The summed E-state index contributed by atoms with van der Waals surface area (Å²) in [6.07, 6.45) is 2.40. The molecule has 2 rings (SSSR count). The van der Waals surface area contributed by atoms with E-state index in [4.69, 9.17) is 8.92 Å². The van der Waals surface area contributed by atoms with Crippen LogP contribution in [-0.2, 0) is 23.8 Å². The zero-order valence-electron chi connectivity index (χ0n) is 13.1. The van der Waals surface area contributed by atoms with Crippen molar-refractivity contribution in [2.75, 3.05) is 6.26 Å². The first-order chi connectivity index (χ1) is 10.3. The van der Waals surface area contributed by atoms with Crippen molar-refractivity contribution in [1.29, 1.82) is 0 Å². The number of hydrogen-bond acceptors (Lipinski definition) is 5. The molecular formula is C16H22O5S. The van der Waals surface area contributed by atoms with Gasteiger partial charge in [-0.2, -0.15) is 8.42 Å². The minimum Gasteiger partial charge on any atom is -0.458 e. The van der Waals surface area contributed by atoms with Gasteiger partial charge in [0.25, 0.3) is 10.1 Å². The molecule has 0 amide bonds. The Hall–Kier alpha value is -1.40. The van der Waals surface area contributed by atoms with Crippen molar-refractivity contribution in [3.05, 3.63) is 35.9 Å². The van der Waals surface area contributed by atoms with E-state index in [0.29, 0.717) is 12.8 Å². The molecule has 0 saturated heterocycles. The molecule has 1 saturated carbocycles. The van der Waals surface area contributed by atoms with Crippen LogP contribution in [0.1, 0.15) is 44.8 Å². The minimum atomic E-state index is -3.56. The Morgan fingerprint density at radius 3 is 2.45 bits per heavy atom. The second-order valence-corrected chi connectivity index (χ2v) is 7.45. The second-order valence-electron chi connectivity index (χ2n) is 5.87. The average molecular weight is 326 g/mol. The van der Waals surface area contributed by atoms with E-state index in [1.54, 1.807) is 0 Å². The zero-order chi connectivity index (χ0) is 16.4. The van der Waals surface area contributed by atoms with E-state index >= 15 is 0 Å². The van der Waals surface area contributed by atoms with Crippen molar-refractivity contribution < 1.29 is 22.1 Å². The van der Waals surface area contributed by atoms with Gasteiger partial charge >= 0.3 is 5.97 Å². The van der Waals surface area contributed by atoms with Crippen molar-refractivity contribution >= 4 is 16.1 Å². The fraction of sp³-hybridized carbons (Fsp3) is 0.562. The smallest absolute Gasteiger partial charge is 0.303 e. The lowest BCUT2D eigenvalue weighted by molar-refractivity contribution is -0.148. The maximum atomic E-state index is 11.6. The molecule has 1 fully saturated rings. The lowest BCUT2D eigenvalue weighted by Gasteiger charge is -2.24. The molecule has 0 bridgehead atoms. The van der Waals surface area contributed by atoms with E-state index in [1.165, 1.54) is 6.92 Å². The summed E-state index contributed by atoms with van der Waals surface area (Å²) in [4.78, 5) is 11.4. The predicted octanol–water partition coefficient (Wildman–Crippen LogP) is 2.83. The van der Waals surface area contributed by atoms with Gasteiger partial charge in [-0.3, -0.25) is 8.98 Å². The summed E-state index contributed by atoms with van der Waals surface area (Å²) in [5.41, 5.74) is 0.0918. The van der Waals surface area contributed by atoms with Crippen LogP contribution in [-0.4, -0.2) is 26.2 Å². The zero-order valence-corrected chi connectivity index (χ0v) is 13.9. The standard InChI is InChI=1S/C16H22O5S/c1-4-14-10-16(14,21-22(3,18)19)11-15(20-12(2)17)13-8-6-5-7-9-13/h5-9,14-15H,4,10-11H2,1-3H3/t14-,15?,16+/m1/s1. The molecule has 1 aromatic rings. The largest absolute Gasteiger partial charge is 0.458 e. The molecule has 1 aliphatic rings. The van der Waals surface area contributed by atoms with Gasteiger partial charge < -0.3 is 4.74 Å². The molecule has 0 aliphatic heterocycles. The van der Waals surface area contributed by atoms with E-state index in [9.17, 15) is 13.2 Å². The number of rotatable bonds is 7. The van der Waals surface area contributed by atoms with Crippen molar-refractivity contribution in [3.63, 3.8) is 0 Å². The Bertz CT molecular complexity index is 625.